The number of benzene rings is 3. The highest BCUT2D eigenvalue weighted by Crippen LogP contribution is 2.29. The zero-order valence-electron chi connectivity index (χ0n) is 20.4. The fraction of sp³-hybridized carbons (Fsp3) is 0.233. The number of para-hydroxylation sites is 1. The Bertz CT molecular complexity index is 1290. The van der Waals surface area contributed by atoms with Gasteiger partial charge < -0.3 is 19.1 Å². The molecule has 1 aromatic heterocycles. The van der Waals surface area contributed by atoms with Gasteiger partial charge in [-0.3, -0.25) is 4.79 Å². The number of rotatable bonds is 7. The number of carbonyl (C=O) groups excluding carboxylic acids is 1. The molecule has 1 aliphatic rings. The van der Waals surface area contributed by atoms with Crippen LogP contribution in [-0.2, 0) is 11.2 Å². The molecule has 0 spiro atoms. The molecule has 0 radical (unpaired) electrons. The molecule has 1 aliphatic heterocycles. The Hall–Kier alpha value is -3.70. The Balaban J connectivity index is 1.31. The van der Waals surface area contributed by atoms with Crippen molar-refractivity contribution in [2.75, 3.05) is 38.2 Å². The molecule has 36 heavy (non-hydrogen) atoms. The Morgan fingerprint density at radius 1 is 0.806 bits per heavy atom. The molecule has 0 unspecified atom stereocenters. The second-order valence-electron chi connectivity index (χ2n) is 8.95. The Morgan fingerprint density at radius 2 is 1.50 bits per heavy atom. The summed E-state index contributed by atoms with van der Waals surface area (Å²) in [6.07, 6.45) is 1.14. The van der Waals surface area contributed by atoms with E-state index in [1.165, 1.54) is 5.69 Å². The van der Waals surface area contributed by atoms with Crippen LogP contribution in [0.25, 0.3) is 16.9 Å². The minimum Gasteiger partial charge on any atom is -0.497 e. The number of anilines is 1. The average Bonchev–Trinajstić information content (AvgIpc) is 3.36. The molecule has 4 aromatic rings. The predicted octanol–water partition coefficient (Wildman–Crippen LogP) is 6.09. The molecule has 1 saturated heterocycles. The number of aryl methyl sites for hydroxylation is 1. The maximum Gasteiger partial charge on any atom is 0.223 e. The van der Waals surface area contributed by atoms with Crippen LogP contribution in [-0.4, -0.2) is 48.7 Å². The van der Waals surface area contributed by atoms with Gasteiger partial charge in [0, 0.05) is 54.7 Å². The van der Waals surface area contributed by atoms with E-state index in [0.717, 1.165) is 54.6 Å². The number of amides is 1. The van der Waals surface area contributed by atoms with Gasteiger partial charge in [0.05, 0.1) is 12.8 Å². The second kappa shape index (κ2) is 10.9. The van der Waals surface area contributed by atoms with Gasteiger partial charge in [0.2, 0.25) is 5.91 Å². The molecule has 5 nitrogen and oxygen atoms in total. The summed E-state index contributed by atoms with van der Waals surface area (Å²) in [5, 5.41) is 0.708. The van der Waals surface area contributed by atoms with Crippen molar-refractivity contribution >= 4 is 23.2 Å². The maximum atomic E-state index is 13.1. The Labute approximate surface area is 217 Å². The highest BCUT2D eigenvalue weighted by atomic mass is 35.5. The van der Waals surface area contributed by atoms with E-state index in [0.29, 0.717) is 17.9 Å². The molecule has 0 atom stereocenters. The Morgan fingerprint density at radius 3 is 2.17 bits per heavy atom. The lowest BCUT2D eigenvalue weighted by Crippen LogP contribution is -2.48. The Kier molecular flexibility index (Phi) is 7.28. The maximum absolute atomic E-state index is 13.1. The standard InChI is InChI=1S/C30H30ClN3O2/c1-36-28-15-11-26(12-16-28)34-27(13-17-29(34)23-7-9-24(31)10-8-23)14-18-30(35)33-21-19-32(20-22-33)25-5-3-2-4-6-25/h2-13,15-17H,14,18-22H2,1H3. The monoisotopic (exact) mass is 499 g/mol. The summed E-state index contributed by atoms with van der Waals surface area (Å²) in [5.41, 5.74) is 5.49. The van der Waals surface area contributed by atoms with Crippen LogP contribution in [0.5, 0.6) is 5.75 Å². The SMILES string of the molecule is COc1ccc(-n2c(CCC(=O)N3CCN(c4ccccc4)CC3)ccc2-c2ccc(Cl)cc2)cc1. The van der Waals surface area contributed by atoms with E-state index in [4.69, 9.17) is 16.3 Å². The van der Waals surface area contributed by atoms with E-state index in [-0.39, 0.29) is 5.91 Å². The van der Waals surface area contributed by atoms with E-state index >= 15 is 0 Å². The number of halogens is 1. The zero-order chi connectivity index (χ0) is 24.9. The molecular weight excluding hydrogens is 470 g/mol. The lowest BCUT2D eigenvalue weighted by molar-refractivity contribution is -0.131. The molecule has 2 heterocycles. The van der Waals surface area contributed by atoms with Crippen LogP contribution in [0.4, 0.5) is 5.69 Å². The van der Waals surface area contributed by atoms with Gasteiger partial charge in [-0.25, -0.2) is 0 Å². The highest BCUT2D eigenvalue weighted by molar-refractivity contribution is 6.30. The molecule has 0 bridgehead atoms. The van der Waals surface area contributed by atoms with Gasteiger partial charge in [-0.2, -0.15) is 0 Å². The lowest BCUT2D eigenvalue weighted by atomic mass is 10.1. The molecule has 1 amide bonds. The van der Waals surface area contributed by atoms with Crippen molar-refractivity contribution in [1.82, 2.24) is 9.47 Å². The van der Waals surface area contributed by atoms with Gasteiger partial charge in [0.15, 0.2) is 0 Å². The van der Waals surface area contributed by atoms with Gasteiger partial charge >= 0.3 is 0 Å². The second-order valence-corrected chi connectivity index (χ2v) is 9.39. The van der Waals surface area contributed by atoms with E-state index in [1.807, 2.05) is 59.5 Å². The summed E-state index contributed by atoms with van der Waals surface area (Å²) in [6, 6.07) is 30.5. The third-order valence-corrected chi connectivity index (χ3v) is 7.03. The van der Waals surface area contributed by atoms with Crippen molar-refractivity contribution in [2.45, 2.75) is 12.8 Å². The summed E-state index contributed by atoms with van der Waals surface area (Å²) < 4.78 is 7.57. The predicted molar refractivity (Wildman–Crippen MR) is 146 cm³/mol. The molecule has 184 valence electrons. The summed E-state index contributed by atoms with van der Waals surface area (Å²) in [5.74, 6) is 1.02. The molecule has 6 heteroatoms. The van der Waals surface area contributed by atoms with Crippen molar-refractivity contribution in [3.8, 4) is 22.7 Å². The first-order valence-corrected chi connectivity index (χ1v) is 12.7. The summed E-state index contributed by atoms with van der Waals surface area (Å²) in [6.45, 7) is 3.23. The molecule has 1 fully saturated rings. The van der Waals surface area contributed by atoms with Crippen molar-refractivity contribution in [3.63, 3.8) is 0 Å². The van der Waals surface area contributed by atoms with Crippen LogP contribution in [0.3, 0.4) is 0 Å². The number of piperazine rings is 1. The van der Waals surface area contributed by atoms with Gasteiger partial charge in [-0.05, 0) is 72.6 Å². The smallest absolute Gasteiger partial charge is 0.223 e. The minimum atomic E-state index is 0.207. The van der Waals surface area contributed by atoms with Crippen LogP contribution < -0.4 is 9.64 Å². The number of hydrogen-bond donors (Lipinski definition) is 0. The van der Waals surface area contributed by atoms with Crippen LogP contribution in [0.2, 0.25) is 5.02 Å². The molecule has 0 aliphatic carbocycles. The number of carbonyl (C=O) groups is 1. The molecule has 5 rings (SSSR count). The first-order valence-electron chi connectivity index (χ1n) is 12.3. The average molecular weight is 500 g/mol. The van der Waals surface area contributed by atoms with Crippen LogP contribution in [0.1, 0.15) is 12.1 Å². The minimum absolute atomic E-state index is 0.207. The fourth-order valence-corrected chi connectivity index (χ4v) is 4.93. The number of nitrogens with zero attached hydrogens (tertiary/aromatic N) is 3. The quantitative estimate of drug-likeness (QED) is 0.309. The van der Waals surface area contributed by atoms with Gasteiger partial charge in [0.25, 0.3) is 0 Å². The van der Waals surface area contributed by atoms with Crippen molar-refractivity contribution < 1.29 is 9.53 Å². The topological polar surface area (TPSA) is 37.7 Å². The molecule has 0 saturated carbocycles. The lowest BCUT2D eigenvalue weighted by Gasteiger charge is -2.36. The molecular formula is C30H30ClN3O2. The van der Waals surface area contributed by atoms with E-state index in [2.05, 4.69) is 45.9 Å². The summed E-state index contributed by atoms with van der Waals surface area (Å²) in [4.78, 5) is 17.5. The molecule has 0 N–H and O–H groups in total. The first kappa shape index (κ1) is 24.0. The normalized spacial score (nSPS) is 13.6. The van der Waals surface area contributed by atoms with Crippen molar-refractivity contribution in [2.24, 2.45) is 0 Å². The van der Waals surface area contributed by atoms with Crippen LogP contribution in [0.15, 0.2) is 91.0 Å². The first-order chi connectivity index (χ1) is 17.6. The number of ether oxygens (including phenoxy) is 1. The van der Waals surface area contributed by atoms with Crippen LogP contribution >= 0.6 is 11.6 Å². The number of hydrogen-bond acceptors (Lipinski definition) is 3. The summed E-state index contributed by atoms with van der Waals surface area (Å²) >= 11 is 6.13. The number of aromatic nitrogens is 1. The fourth-order valence-electron chi connectivity index (χ4n) is 4.80. The van der Waals surface area contributed by atoms with Crippen molar-refractivity contribution in [1.29, 1.82) is 0 Å². The highest BCUT2D eigenvalue weighted by Gasteiger charge is 2.22. The number of methoxy groups -OCH3 is 1. The van der Waals surface area contributed by atoms with E-state index in [9.17, 15) is 4.79 Å². The molecule has 3 aromatic carbocycles. The third kappa shape index (κ3) is 5.26. The van der Waals surface area contributed by atoms with Gasteiger partial charge in [0.1, 0.15) is 5.75 Å². The van der Waals surface area contributed by atoms with Crippen LogP contribution in [0, 0.1) is 0 Å². The largest absolute Gasteiger partial charge is 0.497 e. The third-order valence-electron chi connectivity index (χ3n) is 6.78. The zero-order valence-corrected chi connectivity index (χ0v) is 21.2. The summed E-state index contributed by atoms with van der Waals surface area (Å²) in [7, 11) is 1.67. The van der Waals surface area contributed by atoms with Gasteiger partial charge in [-0.15, -0.1) is 0 Å². The van der Waals surface area contributed by atoms with E-state index in [1.54, 1.807) is 7.11 Å². The van der Waals surface area contributed by atoms with Gasteiger partial charge in [-0.1, -0.05) is 41.9 Å². The van der Waals surface area contributed by atoms with Crippen molar-refractivity contribution in [3.05, 3.63) is 102 Å². The van der Waals surface area contributed by atoms with E-state index < -0.39 is 0 Å².